The van der Waals surface area contributed by atoms with Gasteiger partial charge in [0.2, 0.25) is 0 Å². The Hall–Kier alpha value is -2.63. The van der Waals surface area contributed by atoms with Crippen LogP contribution in [0.25, 0.3) is 0 Å². The molecule has 1 fully saturated rings. The van der Waals surface area contributed by atoms with Crippen LogP contribution in [0.2, 0.25) is 0 Å². The lowest BCUT2D eigenvalue weighted by atomic mass is 10.1. The van der Waals surface area contributed by atoms with Gasteiger partial charge in [-0.15, -0.1) is 0 Å². The normalized spacial score (nSPS) is 15.1. The van der Waals surface area contributed by atoms with Crippen LogP contribution < -0.4 is 15.1 Å². The van der Waals surface area contributed by atoms with Crippen LogP contribution in [0.3, 0.4) is 0 Å². The van der Waals surface area contributed by atoms with Crippen LogP contribution in [-0.4, -0.2) is 42.6 Å². The van der Waals surface area contributed by atoms with Crippen LogP contribution >= 0.6 is 0 Å². The summed E-state index contributed by atoms with van der Waals surface area (Å²) in [5.41, 5.74) is 1.72. The number of benzene rings is 1. The number of aromatic nitrogens is 1. The number of amides is 1. The SMILES string of the molecule is CC(C)(C)NC(=O)c1cc(N2CCN(c3ccccc3F)CC2)ccn1. The summed E-state index contributed by atoms with van der Waals surface area (Å²) in [6.07, 6.45) is 1.66. The second-order valence-corrected chi connectivity index (χ2v) is 7.53. The Balaban J connectivity index is 1.67. The van der Waals surface area contributed by atoms with Crippen molar-refractivity contribution in [3.05, 3.63) is 54.1 Å². The van der Waals surface area contributed by atoms with Crippen LogP contribution in [-0.2, 0) is 0 Å². The Morgan fingerprint density at radius 3 is 2.38 bits per heavy atom. The molecule has 1 aliphatic heterocycles. The highest BCUT2D eigenvalue weighted by Crippen LogP contribution is 2.23. The molecule has 0 unspecified atom stereocenters. The van der Waals surface area contributed by atoms with E-state index < -0.39 is 0 Å². The van der Waals surface area contributed by atoms with Crippen molar-refractivity contribution in [2.45, 2.75) is 26.3 Å². The number of hydrogen-bond acceptors (Lipinski definition) is 4. The van der Waals surface area contributed by atoms with E-state index in [1.807, 2.05) is 45.0 Å². The Bertz CT molecular complexity index is 779. The minimum Gasteiger partial charge on any atom is -0.368 e. The molecule has 1 aromatic carbocycles. The van der Waals surface area contributed by atoms with Gasteiger partial charge in [0.1, 0.15) is 11.5 Å². The molecule has 1 aliphatic rings. The Kier molecular flexibility index (Phi) is 5.11. The molecule has 0 radical (unpaired) electrons. The summed E-state index contributed by atoms with van der Waals surface area (Å²) in [5.74, 6) is -0.365. The van der Waals surface area contributed by atoms with Crippen molar-refractivity contribution in [2.24, 2.45) is 0 Å². The van der Waals surface area contributed by atoms with E-state index in [1.165, 1.54) is 6.07 Å². The predicted octanol–water partition coefficient (Wildman–Crippen LogP) is 3.08. The summed E-state index contributed by atoms with van der Waals surface area (Å²) in [7, 11) is 0. The first kappa shape index (κ1) is 18.2. The zero-order valence-corrected chi connectivity index (χ0v) is 15.5. The van der Waals surface area contributed by atoms with Crippen molar-refractivity contribution in [2.75, 3.05) is 36.0 Å². The maximum Gasteiger partial charge on any atom is 0.270 e. The molecule has 2 heterocycles. The Labute approximate surface area is 153 Å². The number of nitrogens with one attached hydrogen (secondary N) is 1. The first-order valence-corrected chi connectivity index (χ1v) is 8.86. The topological polar surface area (TPSA) is 48.5 Å². The lowest BCUT2D eigenvalue weighted by Gasteiger charge is -2.37. The summed E-state index contributed by atoms with van der Waals surface area (Å²) in [6, 6.07) is 10.6. The summed E-state index contributed by atoms with van der Waals surface area (Å²) >= 11 is 0. The minimum atomic E-state index is -0.305. The largest absolute Gasteiger partial charge is 0.368 e. The fourth-order valence-corrected chi connectivity index (χ4v) is 3.06. The number of carbonyl (C=O) groups excluding carboxylic acids is 1. The highest BCUT2D eigenvalue weighted by Gasteiger charge is 2.21. The number of rotatable bonds is 3. The van der Waals surface area contributed by atoms with Gasteiger partial charge in [-0.1, -0.05) is 12.1 Å². The van der Waals surface area contributed by atoms with E-state index in [1.54, 1.807) is 12.3 Å². The fourth-order valence-electron chi connectivity index (χ4n) is 3.06. The first-order chi connectivity index (χ1) is 12.3. The molecule has 138 valence electrons. The molecule has 2 aromatic rings. The fraction of sp³-hybridized carbons (Fsp3) is 0.400. The predicted molar refractivity (Wildman–Crippen MR) is 102 cm³/mol. The molecule has 6 heteroatoms. The number of anilines is 2. The van der Waals surface area contributed by atoms with Crippen molar-refractivity contribution in [3.63, 3.8) is 0 Å². The highest BCUT2D eigenvalue weighted by atomic mass is 19.1. The van der Waals surface area contributed by atoms with Crippen LogP contribution in [0.15, 0.2) is 42.6 Å². The maximum atomic E-state index is 14.0. The molecule has 1 aromatic heterocycles. The van der Waals surface area contributed by atoms with Gasteiger partial charge >= 0.3 is 0 Å². The van der Waals surface area contributed by atoms with Crippen LogP contribution in [0.5, 0.6) is 0 Å². The van der Waals surface area contributed by atoms with Gasteiger partial charge in [0.25, 0.3) is 5.91 Å². The van der Waals surface area contributed by atoms with Crippen molar-refractivity contribution >= 4 is 17.3 Å². The number of halogens is 1. The van der Waals surface area contributed by atoms with Gasteiger partial charge in [-0.25, -0.2) is 4.39 Å². The lowest BCUT2D eigenvalue weighted by molar-refractivity contribution is 0.0914. The number of piperazine rings is 1. The molecular weight excluding hydrogens is 331 g/mol. The van der Waals surface area contributed by atoms with Gasteiger partial charge in [-0.05, 0) is 45.0 Å². The molecule has 3 rings (SSSR count). The second-order valence-electron chi connectivity index (χ2n) is 7.53. The molecule has 0 spiro atoms. The van der Waals surface area contributed by atoms with E-state index in [9.17, 15) is 9.18 Å². The zero-order chi connectivity index (χ0) is 18.7. The van der Waals surface area contributed by atoms with Crippen molar-refractivity contribution in [1.29, 1.82) is 0 Å². The van der Waals surface area contributed by atoms with Gasteiger partial charge in [0, 0.05) is 43.6 Å². The summed E-state index contributed by atoms with van der Waals surface area (Å²) in [4.78, 5) is 20.8. The van der Waals surface area contributed by atoms with Crippen LogP contribution in [0, 0.1) is 5.82 Å². The van der Waals surface area contributed by atoms with E-state index in [-0.39, 0.29) is 17.3 Å². The van der Waals surface area contributed by atoms with Crippen molar-refractivity contribution < 1.29 is 9.18 Å². The average molecular weight is 356 g/mol. The Morgan fingerprint density at radius 2 is 1.73 bits per heavy atom. The van der Waals surface area contributed by atoms with Gasteiger partial charge in [-0.3, -0.25) is 9.78 Å². The Morgan fingerprint density at radius 1 is 1.08 bits per heavy atom. The molecule has 5 nitrogen and oxygen atoms in total. The number of hydrogen-bond donors (Lipinski definition) is 1. The molecule has 1 saturated heterocycles. The quantitative estimate of drug-likeness (QED) is 0.918. The average Bonchev–Trinajstić information content (AvgIpc) is 2.61. The van der Waals surface area contributed by atoms with Gasteiger partial charge in [0.05, 0.1) is 5.69 Å². The van der Waals surface area contributed by atoms with E-state index in [2.05, 4.69) is 20.1 Å². The molecule has 0 saturated carbocycles. The molecule has 26 heavy (non-hydrogen) atoms. The molecule has 1 amide bonds. The number of para-hydroxylation sites is 1. The second kappa shape index (κ2) is 7.32. The van der Waals surface area contributed by atoms with Crippen molar-refractivity contribution in [3.8, 4) is 0 Å². The van der Waals surface area contributed by atoms with E-state index >= 15 is 0 Å². The molecule has 1 N–H and O–H groups in total. The molecule has 0 bridgehead atoms. The van der Waals surface area contributed by atoms with E-state index in [4.69, 9.17) is 0 Å². The molecule has 0 atom stereocenters. The number of nitrogens with zero attached hydrogens (tertiary/aromatic N) is 3. The minimum absolute atomic E-state index is 0.177. The summed E-state index contributed by atoms with van der Waals surface area (Å²) in [5, 5.41) is 2.93. The van der Waals surface area contributed by atoms with Gasteiger partial charge in [-0.2, -0.15) is 0 Å². The molecular formula is C20H25FN4O. The molecule has 0 aliphatic carbocycles. The number of carbonyl (C=O) groups is 1. The van der Waals surface area contributed by atoms with E-state index in [0.717, 1.165) is 31.9 Å². The summed E-state index contributed by atoms with van der Waals surface area (Å²) < 4.78 is 14.0. The maximum absolute atomic E-state index is 14.0. The zero-order valence-electron chi connectivity index (χ0n) is 15.5. The van der Waals surface area contributed by atoms with Crippen molar-refractivity contribution in [1.82, 2.24) is 10.3 Å². The first-order valence-electron chi connectivity index (χ1n) is 8.86. The summed E-state index contributed by atoms with van der Waals surface area (Å²) in [6.45, 7) is 8.81. The third kappa shape index (κ3) is 4.31. The van der Waals surface area contributed by atoms with Gasteiger partial charge in [0.15, 0.2) is 0 Å². The lowest BCUT2D eigenvalue weighted by Crippen LogP contribution is -2.47. The van der Waals surface area contributed by atoms with Crippen LogP contribution in [0.1, 0.15) is 31.3 Å². The smallest absolute Gasteiger partial charge is 0.270 e. The number of pyridine rings is 1. The third-order valence-electron chi connectivity index (χ3n) is 4.30. The van der Waals surface area contributed by atoms with Gasteiger partial charge < -0.3 is 15.1 Å². The monoisotopic (exact) mass is 356 g/mol. The van der Waals surface area contributed by atoms with Crippen LogP contribution in [0.4, 0.5) is 15.8 Å². The highest BCUT2D eigenvalue weighted by molar-refractivity contribution is 5.93. The standard InChI is InChI=1S/C20H25FN4O/c1-20(2,3)23-19(26)17-14-15(8-9-22-17)24-10-12-25(13-11-24)18-7-5-4-6-16(18)21/h4-9,14H,10-13H2,1-3H3,(H,23,26). The van der Waals surface area contributed by atoms with E-state index in [0.29, 0.717) is 11.4 Å². The third-order valence-corrected chi connectivity index (χ3v) is 4.30.